The summed E-state index contributed by atoms with van der Waals surface area (Å²) in [6.07, 6.45) is 0. The lowest BCUT2D eigenvalue weighted by Gasteiger charge is -2.39. The third-order valence-electron chi connectivity index (χ3n) is 3.45. The van der Waals surface area contributed by atoms with Gasteiger partial charge >= 0.3 is 0 Å². The van der Waals surface area contributed by atoms with Crippen molar-refractivity contribution in [1.29, 1.82) is 0 Å². The molecule has 1 aromatic rings. The van der Waals surface area contributed by atoms with Gasteiger partial charge in [-0.3, -0.25) is 14.9 Å². The van der Waals surface area contributed by atoms with Gasteiger partial charge in [-0.25, -0.2) is 4.39 Å². The number of nitro groups is 1. The topological polar surface area (TPSA) is 75.5 Å². The molecule has 108 valence electrons. The van der Waals surface area contributed by atoms with E-state index in [0.717, 1.165) is 12.1 Å². The van der Waals surface area contributed by atoms with E-state index in [4.69, 9.17) is 0 Å². The van der Waals surface area contributed by atoms with Crippen molar-refractivity contribution in [3.63, 3.8) is 0 Å². The van der Waals surface area contributed by atoms with Crippen molar-refractivity contribution in [3.05, 3.63) is 39.7 Å². The molecule has 0 aliphatic carbocycles. The van der Waals surface area contributed by atoms with Crippen molar-refractivity contribution in [2.24, 2.45) is 0 Å². The van der Waals surface area contributed by atoms with Crippen molar-refractivity contribution in [2.75, 3.05) is 13.1 Å². The first-order chi connectivity index (χ1) is 9.41. The van der Waals surface area contributed by atoms with Crippen molar-refractivity contribution in [2.45, 2.75) is 25.9 Å². The molecule has 1 saturated heterocycles. The Morgan fingerprint density at radius 3 is 2.55 bits per heavy atom. The van der Waals surface area contributed by atoms with E-state index in [0.29, 0.717) is 13.1 Å². The Morgan fingerprint density at radius 2 is 2.00 bits per heavy atom. The first-order valence-electron chi connectivity index (χ1n) is 6.39. The van der Waals surface area contributed by atoms with Crippen LogP contribution in [0, 0.1) is 15.9 Å². The minimum absolute atomic E-state index is 0.0722. The van der Waals surface area contributed by atoms with Gasteiger partial charge in [-0.15, -0.1) is 0 Å². The summed E-state index contributed by atoms with van der Waals surface area (Å²) in [5.74, 6) is -1.16. The fourth-order valence-electron chi connectivity index (χ4n) is 2.51. The van der Waals surface area contributed by atoms with Crippen LogP contribution in [-0.2, 0) is 0 Å². The highest BCUT2D eigenvalue weighted by atomic mass is 19.1. The summed E-state index contributed by atoms with van der Waals surface area (Å²) in [7, 11) is 0. The first kappa shape index (κ1) is 14.4. The van der Waals surface area contributed by atoms with Crippen LogP contribution in [0.5, 0.6) is 0 Å². The molecule has 1 aromatic carbocycles. The van der Waals surface area contributed by atoms with Crippen molar-refractivity contribution in [3.8, 4) is 0 Å². The van der Waals surface area contributed by atoms with Crippen molar-refractivity contribution < 1.29 is 14.1 Å². The van der Waals surface area contributed by atoms with Gasteiger partial charge in [-0.05, 0) is 26.0 Å². The number of carbonyl (C=O) groups excluding carboxylic acids is 1. The van der Waals surface area contributed by atoms with E-state index in [-0.39, 0.29) is 17.6 Å². The highest BCUT2D eigenvalue weighted by molar-refractivity contribution is 5.98. The quantitative estimate of drug-likeness (QED) is 0.659. The number of nitro benzene ring substituents is 1. The van der Waals surface area contributed by atoms with Gasteiger partial charge in [0, 0.05) is 25.2 Å². The molecule has 1 amide bonds. The number of piperazine rings is 1. The smallest absolute Gasteiger partial charge is 0.285 e. The Morgan fingerprint density at radius 1 is 1.40 bits per heavy atom. The third kappa shape index (κ3) is 2.62. The maximum absolute atomic E-state index is 13.1. The van der Waals surface area contributed by atoms with Gasteiger partial charge in [0.2, 0.25) is 0 Å². The molecule has 0 aromatic heterocycles. The number of halogens is 1. The number of nitrogens with one attached hydrogen (secondary N) is 1. The van der Waals surface area contributed by atoms with Crippen LogP contribution in [0.4, 0.5) is 10.1 Å². The van der Waals surface area contributed by atoms with E-state index in [9.17, 15) is 19.3 Å². The lowest BCUT2D eigenvalue weighted by molar-refractivity contribution is -0.385. The summed E-state index contributed by atoms with van der Waals surface area (Å²) in [4.78, 5) is 24.4. The minimum Gasteiger partial charge on any atom is -0.330 e. The maximum atomic E-state index is 13.1. The molecule has 0 saturated carbocycles. The fourth-order valence-corrected chi connectivity index (χ4v) is 2.51. The van der Waals surface area contributed by atoms with Gasteiger partial charge < -0.3 is 10.2 Å². The molecule has 20 heavy (non-hydrogen) atoms. The van der Waals surface area contributed by atoms with Crippen LogP contribution in [0.1, 0.15) is 24.2 Å². The number of nitrogens with zero attached hydrogens (tertiary/aromatic N) is 2. The zero-order valence-electron chi connectivity index (χ0n) is 11.3. The van der Waals surface area contributed by atoms with Gasteiger partial charge in [-0.2, -0.15) is 0 Å². The lowest BCUT2D eigenvalue weighted by Crippen LogP contribution is -2.57. The number of amides is 1. The summed E-state index contributed by atoms with van der Waals surface area (Å²) in [5, 5.41) is 14.2. The predicted octanol–water partition coefficient (Wildman–Crippen LogP) is 1.56. The van der Waals surface area contributed by atoms with Gasteiger partial charge in [0.15, 0.2) is 0 Å². The van der Waals surface area contributed by atoms with E-state index in [1.54, 1.807) is 4.90 Å². The highest BCUT2D eigenvalue weighted by Crippen LogP contribution is 2.24. The second kappa shape index (κ2) is 5.54. The van der Waals surface area contributed by atoms with Crippen LogP contribution < -0.4 is 5.32 Å². The molecule has 2 unspecified atom stereocenters. The van der Waals surface area contributed by atoms with Crippen LogP contribution >= 0.6 is 0 Å². The van der Waals surface area contributed by atoms with E-state index in [2.05, 4.69) is 5.32 Å². The monoisotopic (exact) mass is 281 g/mol. The van der Waals surface area contributed by atoms with E-state index in [1.807, 2.05) is 13.8 Å². The van der Waals surface area contributed by atoms with Crippen LogP contribution in [0.2, 0.25) is 0 Å². The lowest BCUT2D eigenvalue weighted by atomic mass is 10.1. The van der Waals surface area contributed by atoms with E-state index >= 15 is 0 Å². The van der Waals surface area contributed by atoms with Crippen LogP contribution in [-0.4, -0.2) is 40.9 Å². The number of rotatable bonds is 2. The molecule has 1 aliphatic rings. The molecule has 0 bridgehead atoms. The Bertz CT molecular complexity index is 540. The molecule has 0 spiro atoms. The molecule has 1 fully saturated rings. The molecule has 2 atom stereocenters. The van der Waals surface area contributed by atoms with Gasteiger partial charge in [0.05, 0.1) is 11.0 Å². The standard InChI is InChI=1S/C13H16FN3O3/c1-8-6-15-7-9(2)16(8)13(18)11-4-3-10(14)5-12(11)17(19)20/h3-5,8-9,15H,6-7H2,1-2H3. The summed E-state index contributed by atoms with van der Waals surface area (Å²) in [6.45, 7) is 5.00. The maximum Gasteiger partial charge on any atom is 0.285 e. The fraction of sp³-hybridized carbons (Fsp3) is 0.462. The predicted molar refractivity (Wildman–Crippen MR) is 71.0 cm³/mol. The average Bonchev–Trinajstić information content (AvgIpc) is 2.38. The number of carbonyl (C=O) groups is 1. The molecule has 0 radical (unpaired) electrons. The van der Waals surface area contributed by atoms with Crippen LogP contribution in [0.3, 0.4) is 0 Å². The largest absolute Gasteiger partial charge is 0.330 e. The van der Waals surface area contributed by atoms with Gasteiger partial charge in [0.1, 0.15) is 11.4 Å². The second-order valence-electron chi connectivity index (χ2n) is 4.99. The Labute approximate surface area is 115 Å². The van der Waals surface area contributed by atoms with Gasteiger partial charge in [-0.1, -0.05) is 0 Å². The summed E-state index contributed by atoms with van der Waals surface area (Å²) in [6, 6.07) is 2.88. The average molecular weight is 281 g/mol. The Kier molecular flexibility index (Phi) is 3.99. The summed E-state index contributed by atoms with van der Waals surface area (Å²) in [5.41, 5.74) is -0.565. The molecular weight excluding hydrogens is 265 g/mol. The van der Waals surface area contributed by atoms with Crippen LogP contribution in [0.25, 0.3) is 0 Å². The zero-order chi connectivity index (χ0) is 14.9. The minimum atomic E-state index is -0.728. The molecule has 6 nitrogen and oxygen atoms in total. The number of hydrogen-bond acceptors (Lipinski definition) is 4. The Hall–Kier alpha value is -2.02. The molecule has 1 aliphatic heterocycles. The van der Waals surface area contributed by atoms with E-state index < -0.39 is 22.3 Å². The normalized spacial score (nSPS) is 22.6. The summed E-state index contributed by atoms with van der Waals surface area (Å²) >= 11 is 0. The van der Waals surface area contributed by atoms with E-state index in [1.165, 1.54) is 6.07 Å². The molecular formula is C13H16FN3O3. The molecule has 1 N–H and O–H groups in total. The van der Waals surface area contributed by atoms with Gasteiger partial charge in [0.25, 0.3) is 11.6 Å². The second-order valence-corrected chi connectivity index (χ2v) is 4.99. The van der Waals surface area contributed by atoms with Crippen molar-refractivity contribution >= 4 is 11.6 Å². The first-order valence-corrected chi connectivity index (χ1v) is 6.39. The van der Waals surface area contributed by atoms with Crippen molar-refractivity contribution in [1.82, 2.24) is 10.2 Å². The highest BCUT2D eigenvalue weighted by Gasteiger charge is 2.33. The zero-order valence-corrected chi connectivity index (χ0v) is 11.3. The Balaban J connectivity index is 2.40. The number of benzene rings is 1. The molecule has 1 heterocycles. The number of hydrogen-bond donors (Lipinski definition) is 1. The SMILES string of the molecule is CC1CNCC(C)N1C(=O)c1ccc(F)cc1[N+](=O)[O-]. The molecule has 7 heteroatoms. The summed E-state index contributed by atoms with van der Waals surface area (Å²) < 4.78 is 13.1. The molecule has 2 rings (SSSR count). The third-order valence-corrected chi connectivity index (χ3v) is 3.45. The van der Waals surface area contributed by atoms with Crippen LogP contribution in [0.15, 0.2) is 18.2 Å².